The lowest BCUT2D eigenvalue weighted by atomic mass is 10.0. The third-order valence-electron chi connectivity index (χ3n) is 5.29. The van der Waals surface area contributed by atoms with E-state index in [1.807, 2.05) is 18.2 Å². The van der Waals surface area contributed by atoms with Gasteiger partial charge in [-0.25, -0.2) is 9.97 Å². The smallest absolute Gasteiger partial charge is 0.417 e. The molecule has 166 valence electrons. The zero-order valence-corrected chi connectivity index (χ0v) is 17.7. The largest absolute Gasteiger partial charge is 0.439 e. The average molecular weight is 449 g/mol. The summed E-state index contributed by atoms with van der Waals surface area (Å²) >= 11 is 0. The van der Waals surface area contributed by atoms with Crippen molar-refractivity contribution in [3.8, 4) is 22.7 Å². The highest BCUT2D eigenvalue weighted by Crippen LogP contribution is 2.38. The number of nitrogens with one attached hydrogen (secondary N) is 1. The van der Waals surface area contributed by atoms with Crippen LogP contribution in [0.3, 0.4) is 0 Å². The topological polar surface area (TPSA) is 68.2 Å². The Balaban J connectivity index is 1.53. The molecule has 0 saturated heterocycles. The van der Waals surface area contributed by atoms with Gasteiger partial charge in [-0.2, -0.15) is 13.2 Å². The van der Waals surface area contributed by atoms with Crippen LogP contribution in [-0.2, 0) is 6.18 Å². The molecule has 0 spiro atoms. The minimum atomic E-state index is -4.48. The van der Waals surface area contributed by atoms with Crippen LogP contribution < -0.4 is 5.32 Å². The zero-order valence-electron chi connectivity index (χ0n) is 17.7. The third kappa shape index (κ3) is 3.82. The molecule has 0 aliphatic rings. The normalized spacial score (nSPS) is 11.8. The summed E-state index contributed by atoms with van der Waals surface area (Å²) in [5.74, 6) is 1.12. The van der Waals surface area contributed by atoms with Gasteiger partial charge >= 0.3 is 6.18 Å². The summed E-state index contributed by atoms with van der Waals surface area (Å²) < 4.78 is 48.0. The van der Waals surface area contributed by atoms with Crippen molar-refractivity contribution < 1.29 is 17.6 Å². The first-order valence-corrected chi connectivity index (χ1v) is 10.1. The lowest BCUT2D eigenvalue weighted by Crippen LogP contribution is -2.07. The molecule has 4 aromatic heterocycles. The van der Waals surface area contributed by atoms with Crippen molar-refractivity contribution in [1.82, 2.24) is 19.4 Å². The summed E-state index contributed by atoms with van der Waals surface area (Å²) in [4.78, 5) is 13.0. The SMILES string of the molecule is Cc1ncc(-c2ccc(Nc3cccn4c(C)c(-c5ccccc5C(F)(F)F)nc34)cn2)o1. The molecule has 6 nitrogen and oxygen atoms in total. The highest BCUT2D eigenvalue weighted by atomic mass is 19.4. The molecule has 5 aromatic rings. The number of aryl methyl sites for hydroxylation is 2. The van der Waals surface area contributed by atoms with E-state index in [2.05, 4.69) is 20.3 Å². The van der Waals surface area contributed by atoms with Gasteiger partial charge in [-0.1, -0.05) is 18.2 Å². The van der Waals surface area contributed by atoms with E-state index in [-0.39, 0.29) is 11.3 Å². The fraction of sp³-hybridized carbons (Fsp3) is 0.125. The fourth-order valence-electron chi connectivity index (χ4n) is 3.72. The number of oxazole rings is 1. The number of aromatic nitrogens is 4. The predicted molar refractivity (Wildman–Crippen MR) is 118 cm³/mol. The first-order valence-electron chi connectivity index (χ1n) is 10.1. The maximum absolute atomic E-state index is 13.6. The molecule has 0 atom stereocenters. The van der Waals surface area contributed by atoms with Gasteiger partial charge < -0.3 is 14.1 Å². The quantitative estimate of drug-likeness (QED) is 0.342. The molecule has 9 heteroatoms. The summed E-state index contributed by atoms with van der Waals surface area (Å²) in [5, 5.41) is 3.25. The van der Waals surface area contributed by atoms with Gasteiger partial charge in [-0.15, -0.1) is 0 Å². The lowest BCUT2D eigenvalue weighted by molar-refractivity contribution is -0.137. The van der Waals surface area contributed by atoms with Crippen molar-refractivity contribution in [3.05, 3.63) is 84.3 Å². The molecule has 0 fully saturated rings. The summed E-state index contributed by atoms with van der Waals surface area (Å²) in [5.41, 5.74) is 2.71. The Labute approximate surface area is 186 Å². The molecular formula is C24H18F3N5O. The highest BCUT2D eigenvalue weighted by molar-refractivity contribution is 5.79. The minimum Gasteiger partial charge on any atom is -0.439 e. The van der Waals surface area contributed by atoms with Crippen LogP contribution in [0.4, 0.5) is 24.5 Å². The number of fused-ring (bicyclic) bond motifs is 1. The molecule has 1 aromatic carbocycles. The number of anilines is 2. The molecule has 5 rings (SSSR count). The summed E-state index contributed by atoms with van der Waals surface area (Å²) in [6.07, 6.45) is 0.553. The van der Waals surface area contributed by atoms with Crippen molar-refractivity contribution in [1.29, 1.82) is 0 Å². The number of rotatable bonds is 4. The zero-order chi connectivity index (χ0) is 23.2. The van der Waals surface area contributed by atoms with Crippen LogP contribution in [0.25, 0.3) is 28.4 Å². The van der Waals surface area contributed by atoms with E-state index in [1.165, 1.54) is 12.1 Å². The molecule has 1 N–H and O–H groups in total. The van der Waals surface area contributed by atoms with Gasteiger partial charge in [0, 0.05) is 24.4 Å². The second kappa shape index (κ2) is 7.77. The van der Waals surface area contributed by atoms with E-state index in [1.54, 1.807) is 49.0 Å². The van der Waals surface area contributed by atoms with Crippen molar-refractivity contribution in [2.45, 2.75) is 20.0 Å². The van der Waals surface area contributed by atoms with E-state index in [4.69, 9.17) is 4.42 Å². The van der Waals surface area contributed by atoms with Crippen molar-refractivity contribution >= 4 is 17.0 Å². The molecular weight excluding hydrogens is 431 g/mol. The summed E-state index contributed by atoms with van der Waals surface area (Å²) in [7, 11) is 0. The van der Waals surface area contributed by atoms with Crippen LogP contribution in [0, 0.1) is 13.8 Å². The van der Waals surface area contributed by atoms with Gasteiger partial charge in [-0.05, 0) is 37.3 Å². The van der Waals surface area contributed by atoms with Crippen molar-refractivity contribution in [2.24, 2.45) is 0 Å². The number of nitrogens with zero attached hydrogens (tertiary/aromatic N) is 4. The van der Waals surface area contributed by atoms with E-state index >= 15 is 0 Å². The number of benzene rings is 1. The Bertz CT molecular complexity index is 1450. The Kier molecular flexibility index (Phi) is 4.88. The maximum Gasteiger partial charge on any atom is 0.417 e. The number of imidazole rings is 1. The number of alkyl halides is 3. The Hall–Kier alpha value is -4.14. The standard InChI is InChI=1S/C24H18F3N5O/c1-14-22(17-6-3-4-7-18(17)24(25,26)27)31-23-20(8-5-11-32(14)23)30-16-9-10-19(29-12-16)21-13-28-15(2)33-21/h3-13,30H,1-2H3. The van der Waals surface area contributed by atoms with Crippen LogP contribution in [0.1, 0.15) is 17.1 Å². The fourth-order valence-corrected chi connectivity index (χ4v) is 3.72. The van der Waals surface area contributed by atoms with Gasteiger partial charge in [-0.3, -0.25) is 4.98 Å². The molecule has 0 radical (unpaired) electrons. The second-order valence-electron chi connectivity index (χ2n) is 7.51. The monoisotopic (exact) mass is 449 g/mol. The molecule has 0 amide bonds. The number of pyridine rings is 2. The van der Waals surface area contributed by atoms with E-state index in [0.717, 1.165) is 6.07 Å². The van der Waals surface area contributed by atoms with Gasteiger partial charge in [0.2, 0.25) is 0 Å². The second-order valence-corrected chi connectivity index (χ2v) is 7.51. The molecule has 0 aliphatic heterocycles. The van der Waals surface area contributed by atoms with E-state index < -0.39 is 11.7 Å². The van der Waals surface area contributed by atoms with Crippen molar-refractivity contribution in [3.63, 3.8) is 0 Å². The Morgan fingerprint density at radius 3 is 2.45 bits per heavy atom. The molecule has 0 bridgehead atoms. The average Bonchev–Trinajstić information content (AvgIpc) is 3.38. The maximum atomic E-state index is 13.6. The number of halogens is 3. The lowest BCUT2D eigenvalue weighted by Gasteiger charge is -2.11. The highest BCUT2D eigenvalue weighted by Gasteiger charge is 2.34. The molecule has 33 heavy (non-hydrogen) atoms. The van der Waals surface area contributed by atoms with Crippen LogP contribution in [-0.4, -0.2) is 19.4 Å². The van der Waals surface area contributed by atoms with E-state index in [0.29, 0.717) is 40.1 Å². The van der Waals surface area contributed by atoms with Crippen LogP contribution in [0.2, 0.25) is 0 Å². The molecule has 4 heterocycles. The predicted octanol–water partition coefficient (Wildman–Crippen LogP) is 6.43. The molecule has 0 saturated carbocycles. The first-order chi connectivity index (χ1) is 15.8. The van der Waals surface area contributed by atoms with Crippen LogP contribution >= 0.6 is 0 Å². The Morgan fingerprint density at radius 1 is 0.939 bits per heavy atom. The van der Waals surface area contributed by atoms with Gasteiger partial charge in [0.25, 0.3) is 0 Å². The number of hydrogen-bond acceptors (Lipinski definition) is 5. The first kappa shape index (κ1) is 20.7. The summed E-state index contributed by atoms with van der Waals surface area (Å²) in [6, 6.07) is 12.7. The third-order valence-corrected chi connectivity index (χ3v) is 5.29. The van der Waals surface area contributed by atoms with Crippen LogP contribution in [0.5, 0.6) is 0 Å². The van der Waals surface area contributed by atoms with Crippen LogP contribution in [0.15, 0.2) is 71.5 Å². The Morgan fingerprint density at radius 2 is 1.76 bits per heavy atom. The molecule has 0 aliphatic carbocycles. The molecule has 0 unspecified atom stereocenters. The van der Waals surface area contributed by atoms with Gasteiger partial charge in [0.05, 0.1) is 35.0 Å². The van der Waals surface area contributed by atoms with E-state index in [9.17, 15) is 13.2 Å². The van der Waals surface area contributed by atoms with Gasteiger partial charge in [0.1, 0.15) is 5.69 Å². The summed E-state index contributed by atoms with van der Waals surface area (Å²) in [6.45, 7) is 3.51. The van der Waals surface area contributed by atoms with Gasteiger partial charge in [0.15, 0.2) is 17.3 Å². The van der Waals surface area contributed by atoms with Crippen molar-refractivity contribution in [2.75, 3.05) is 5.32 Å². The minimum absolute atomic E-state index is 0.0468. The number of hydrogen-bond donors (Lipinski definition) is 1.